The number of ether oxygens (including phenoxy) is 1. The van der Waals surface area contributed by atoms with Gasteiger partial charge in [0, 0.05) is 11.8 Å². The fourth-order valence-corrected chi connectivity index (χ4v) is 1.53. The summed E-state index contributed by atoms with van der Waals surface area (Å²) in [7, 11) is 0. The average molecular weight is 257 g/mol. The summed E-state index contributed by atoms with van der Waals surface area (Å²) in [5.41, 5.74) is 0.720. The Labute approximate surface area is 111 Å². The predicted molar refractivity (Wildman–Crippen MR) is 74.0 cm³/mol. The molecule has 0 spiro atoms. The van der Waals surface area contributed by atoms with Crippen molar-refractivity contribution in [2.24, 2.45) is 0 Å². The Kier molecular flexibility index (Phi) is 4.39. The van der Waals surface area contributed by atoms with Crippen LogP contribution in [0.3, 0.4) is 0 Å². The lowest BCUT2D eigenvalue weighted by molar-refractivity contribution is -0.111. The molecule has 1 aromatic carbocycles. The number of carbonyl (C=O) groups excluding carboxylic acids is 1. The summed E-state index contributed by atoms with van der Waals surface area (Å²) >= 11 is 0. The fraction of sp³-hybridized carbons (Fsp3) is 0.133. The number of anilines is 1. The van der Waals surface area contributed by atoms with Crippen molar-refractivity contribution < 1.29 is 13.9 Å². The maximum Gasteiger partial charge on any atom is 0.248 e. The molecule has 1 amide bonds. The summed E-state index contributed by atoms with van der Waals surface area (Å²) < 4.78 is 10.4. The lowest BCUT2D eigenvalue weighted by Crippen LogP contribution is -2.07. The normalized spacial score (nSPS) is 10.6. The van der Waals surface area contributed by atoms with Crippen LogP contribution in [0, 0.1) is 0 Å². The van der Waals surface area contributed by atoms with E-state index in [9.17, 15) is 4.79 Å². The Bertz CT molecular complexity index is 541. The topological polar surface area (TPSA) is 51.5 Å². The van der Waals surface area contributed by atoms with Gasteiger partial charge in [-0.3, -0.25) is 4.79 Å². The summed E-state index contributed by atoms with van der Waals surface area (Å²) in [6.07, 6.45) is 4.60. The summed E-state index contributed by atoms with van der Waals surface area (Å²) in [5, 5.41) is 2.75. The van der Waals surface area contributed by atoms with E-state index >= 15 is 0 Å². The standard InChI is InChI=1S/C15H15NO3/c1-2-18-14-7-5-12(6-8-14)16-15(17)10-9-13-4-3-11-19-13/h3-11H,2H2,1H3,(H,16,17)/b10-9+. The van der Waals surface area contributed by atoms with Gasteiger partial charge in [0.15, 0.2) is 0 Å². The quantitative estimate of drug-likeness (QED) is 0.836. The molecule has 1 N–H and O–H groups in total. The zero-order valence-corrected chi connectivity index (χ0v) is 10.6. The van der Waals surface area contributed by atoms with E-state index < -0.39 is 0 Å². The highest BCUT2D eigenvalue weighted by Crippen LogP contribution is 2.15. The molecule has 0 radical (unpaired) electrons. The van der Waals surface area contributed by atoms with E-state index in [0.29, 0.717) is 12.4 Å². The van der Waals surface area contributed by atoms with Crippen LogP contribution in [0.1, 0.15) is 12.7 Å². The Balaban J connectivity index is 1.91. The van der Waals surface area contributed by atoms with Crippen LogP contribution in [0.15, 0.2) is 53.2 Å². The van der Waals surface area contributed by atoms with Gasteiger partial charge in [0.05, 0.1) is 12.9 Å². The van der Waals surface area contributed by atoms with E-state index in [4.69, 9.17) is 9.15 Å². The van der Waals surface area contributed by atoms with E-state index in [1.807, 2.05) is 19.1 Å². The molecule has 0 aliphatic heterocycles. The van der Waals surface area contributed by atoms with Gasteiger partial charge in [0.1, 0.15) is 11.5 Å². The Morgan fingerprint density at radius 2 is 2.11 bits per heavy atom. The van der Waals surface area contributed by atoms with Crippen LogP contribution >= 0.6 is 0 Å². The minimum Gasteiger partial charge on any atom is -0.494 e. The van der Waals surface area contributed by atoms with Gasteiger partial charge >= 0.3 is 0 Å². The van der Waals surface area contributed by atoms with Crippen molar-refractivity contribution in [3.63, 3.8) is 0 Å². The number of carbonyl (C=O) groups is 1. The summed E-state index contributed by atoms with van der Waals surface area (Å²) in [6, 6.07) is 10.8. The number of hydrogen-bond acceptors (Lipinski definition) is 3. The minimum absolute atomic E-state index is 0.208. The monoisotopic (exact) mass is 257 g/mol. The molecule has 1 aromatic heterocycles. The van der Waals surface area contributed by atoms with Crippen molar-refractivity contribution in [1.29, 1.82) is 0 Å². The molecule has 0 unspecified atom stereocenters. The first-order valence-electron chi connectivity index (χ1n) is 6.03. The van der Waals surface area contributed by atoms with E-state index in [-0.39, 0.29) is 5.91 Å². The SMILES string of the molecule is CCOc1ccc(NC(=O)/C=C/c2ccco2)cc1. The number of furan rings is 1. The summed E-state index contributed by atoms with van der Waals surface area (Å²) in [5.74, 6) is 1.22. The summed E-state index contributed by atoms with van der Waals surface area (Å²) in [4.78, 5) is 11.6. The third kappa shape index (κ3) is 4.03. The first-order chi connectivity index (χ1) is 9.28. The second-order valence-electron chi connectivity index (χ2n) is 3.80. The molecule has 2 rings (SSSR count). The van der Waals surface area contributed by atoms with Gasteiger partial charge in [0.25, 0.3) is 0 Å². The Morgan fingerprint density at radius 3 is 2.74 bits per heavy atom. The fourth-order valence-electron chi connectivity index (χ4n) is 1.53. The lowest BCUT2D eigenvalue weighted by Gasteiger charge is -2.05. The Morgan fingerprint density at radius 1 is 1.32 bits per heavy atom. The molecule has 0 aliphatic carbocycles. The third-order valence-electron chi connectivity index (χ3n) is 2.38. The van der Waals surface area contributed by atoms with Crippen molar-refractivity contribution in [1.82, 2.24) is 0 Å². The molecule has 19 heavy (non-hydrogen) atoms. The van der Waals surface area contributed by atoms with Crippen molar-refractivity contribution >= 4 is 17.7 Å². The van der Waals surface area contributed by atoms with Gasteiger partial charge in [-0.15, -0.1) is 0 Å². The molecular formula is C15H15NO3. The third-order valence-corrected chi connectivity index (χ3v) is 2.38. The predicted octanol–water partition coefficient (Wildman–Crippen LogP) is 3.33. The van der Waals surface area contributed by atoms with E-state index in [1.54, 1.807) is 36.6 Å². The Hall–Kier alpha value is -2.49. The molecule has 0 fully saturated rings. The molecule has 4 nitrogen and oxygen atoms in total. The molecule has 0 atom stereocenters. The highest BCUT2D eigenvalue weighted by molar-refractivity contribution is 6.01. The maximum absolute atomic E-state index is 11.6. The first-order valence-corrected chi connectivity index (χ1v) is 6.03. The average Bonchev–Trinajstić information content (AvgIpc) is 2.92. The van der Waals surface area contributed by atoms with Crippen LogP contribution in [-0.2, 0) is 4.79 Å². The summed E-state index contributed by atoms with van der Waals surface area (Å²) in [6.45, 7) is 2.55. The van der Waals surface area contributed by atoms with Crippen LogP contribution in [0.4, 0.5) is 5.69 Å². The van der Waals surface area contributed by atoms with E-state index in [1.165, 1.54) is 6.08 Å². The molecule has 0 saturated heterocycles. The molecule has 2 aromatic rings. The van der Waals surface area contributed by atoms with Gasteiger partial charge in [-0.05, 0) is 49.4 Å². The largest absolute Gasteiger partial charge is 0.494 e. The van der Waals surface area contributed by atoms with Gasteiger partial charge < -0.3 is 14.5 Å². The van der Waals surface area contributed by atoms with Gasteiger partial charge in [-0.25, -0.2) is 0 Å². The molecule has 0 bridgehead atoms. The second-order valence-corrected chi connectivity index (χ2v) is 3.80. The van der Waals surface area contributed by atoms with Crippen LogP contribution in [0.5, 0.6) is 5.75 Å². The van der Waals surface area contributed by atoms with Crippen molar-refractivity contribution in [3.05, 3.63) is 54.5 Å². The van der Waals surface area contributed by atoms with Gasteiger partial charge in [-0.1, -0.05) is 0 Å². The molecular weight excluding hydrogens is 242 g/mol. The molecule has 0 saturated carbocycles. The smallest absolute Gasteiger partial charge is 0.248 e. The molecule has 98 valence electrons. The van der Waals surface area contributed by atoms with E-state index in [0.717, 1.165) is 11.4 Å². The van der Waals surface area contributed by atoms with Crippen LogP contribution in [0.25, 0.3) is 6.08 Å². The van der Waals surface area contributed by atoms with Gasteiger partial charge in [-0.2, -0.15) is 0 Å². The van der Waals surface area contributed by atoms with Crippen molar-refractivity contribution in [3.8, 4) is 5.75 Å². The van der Waals surface area contributed by atoms with Crippen LogP contribution in [0.2, 0.25) is 0 Å². The first kappa shape index (κ1) is 13.0. The highest BCUT2D eigenvalue weighted by Gasteiger charge is 1.99. The zero-order chi connectivity index (χ0) is 13.5. The highest BCUT2D eigenvalue weighted by atomic mass is 16.5. The van der Waals surface area contributed by atoms with Crippen molar-refractivity contribution in [2.75, 3.05) is 11.9 Å². The lowest BCUT2D eigenvalue weighted by atomic mass is 10.3. The number of hydrogen-bond donors (Lipinski definition) is 1. The molecule has 0 aliphatic rings. The van der Waals surface area contributed by atoms with Gasteiger partial charge in [0.2, 0.25) is 5.91 Å². The van der Waals surface area contributed by atoms with Crippen molar-refractivity contribution in [2.45, 2.75) is 6.92 Å². The minimum atomic E-state index is -0.208. The maximum atomic E-state index is 11.6. The van der Waals surface area contributed by atoms with Crippen LogP contribution < -0.4 is 10.1 Å². The molecule has 4 heteroatoms. The number of benzene rings is 1. The molecule has 1 heterocycles. The number of nitrogens with one attached hydrogen (secondary N) is 1. The zero-order valence-electron chi connectivity index (χ0n) is 10.6. The number of amides is 1. The second kappa shape index (κ2) is 6.44. The van der Waals surface area contributed by atoms with E-state index in [2.05, 4.69) is 5.32 Å². The number of rotatable bonds is 5. The van der Waals surface area contributed by atoms with Crippen LogP contribution in [-0.4, -0.2) is 12.5 Å².